The topological polar surface area (TPSA) is 54.3 Å². The van der Waals surface area contributed by atoms with Crippen LogP contribution in [0.2, 0.25) is 0 Å². The number of benzene rings is 3. The number of nitrogens with zero attached hydrogens (tertiary/aromatic N) is 2. The predicted octanol–water partition coefficient (Wildman–Crippen LogP) is 5.51. The molecule has 2 unspecified atom stereocenters. The third-order valence-electron chi connectivity index (χ3n) is 6.11. The molecular weight excluding hydrogens is 466 g/mol. The molecule has 0 spiro atoms. The minimum atomic E-state index is -0.669. The lowest BCUT2D eigenvalue weighted by Gasteiger charge is -2.30. The first kappa shape index (κ1) is 20.5. The summed E-state index contributed by atoms with van der Waals surface area (Å²) in [5.74, 6) is -0.357. The van der Waals surface area contributed by atoms with Gasteiger partial charge in [0.05, 0.1) is 6.04 Å². The molecule has 0 aliphatic carbocycles. The van der Waals surface area contributed by atoms with Crippen molar-refractivity contribution < 1.29 is 9.59 Å². The highest BCUT2D eigenvalue weighted by Gasteiger charge is 2.43. The maximum absolute atomic E-state index is 13.5. The number of rotatable bonds is 4. The van der Waals surface area contributed by atoms with E-state index in [0.717, 1.165) is 26.5 Å². The molecule has 1 aliphatic rings. The van der Waals surface area contributed by atoms with Crippen molar-refractivity contribution in [2.24, 2.45) is 7.05 Å². The van der Waals surface area contributed by atoms with Gasteiger partial charge in [0, 0.05) is 45.4 Å². The molecule has 1 aliphatic heterocycles. The van der Waals surface area contributed by atoms with Crippen molar-refractivity contribution in [2.75, 3.05) is 5.32 Å². The second-order valence-electron chi connectivity index (χ2n) is 8.09. The summed E-state index contributed by atoms with van der Waals surface area (Å²) in [6.07, 6.45) is 2.07. The number of carbonyl (C=O) groups is 2. The van der Waals surface area contributed by atoms with Gasteiger partial charge in [0.25, 0.3) is 5.91 Å². The number of anilines is 1. The Kier molecular flexibility index (Phi) is 5.10. The molecule has 160 valence electrons. The average molecular weight is 488 g/mol. The Hall–Kier alpha value is -3.38. The quantitative estimate of drug-likeness (QED) is 0.412. The Balaban J connectivity index is 1.58. The zero-order valence-corrected chi connectivity index (χ0v) is 19.3. The molecule has 1 N–H and O–H groups in total. The van der Waals surface area contributed by atoms with Crippen molar-refractivity contribution in [3.63, 3.8) is 0 Å². The number of amides is 2. The predicted molar refractivity (Wildman–Crippen MR) is 130 cm³/mol. The van der Waals surface area contributed by atoms with Gasteiger partial charge in [0.1, 0.15) is 6.04 Å². The third-order valence-corrected chi connectivity index (χ3v) is 6.60. The van der Waals surface area contributed by atoms with E-state index in [2.05, 4.69) is 44.1 Å². The van der Waals surface area contributed by atoms with Crippen LogP contribution in [0.5, 0.6) is 0 Å². The van der Waals surface area contributed by atoms with Crippen LogP contribution in [0, 0.1) is 0 Å². The second-order valence-corrected chi connectivity index (χ2v) is 9.01. The van der Waals surface area contributed by atoms with Crippen molar-refractivity contribution in [3.05, 3.63) is 100 Å². The number of halogens is 1. The van der Waals surface area contributed by atoms with E-state index in [9.17, 15) is 9.59 Å². The van der Waals surface area contributed by atoms with E-state index in [1.165, 1.54) is 0 Å². The van der Waals surface area contributed by atoms with E-state index >= 15 is 0 Å². The fourth-order valence-corrected chi connectivity index (χ4v) is 4.98. The van der Waals surface area contributed by atoms with Crippen LogP contribution in [0.15, 0.2) is 83.5 Å². The Morgan fingerprint density at radius 3 is 2.56 bits per heavy atom. The monoisotopic (exact) mass is 487 g/mol. The number of fused-ring (bicyclic) bond motifs is 2. The molecule has 0 radical (unpaired) electrons. The van der Waals surface area contributed by atoms with Crippen LogP contribution >= 0.6 is 15.9 Å². The van der Waals surface area contributed by atoms with Gasteiger partial charge in [0.2, 0.25) is 5.91 Å². The number of aryl methyl sites for hydroxylation is 1. The molecule has 0 saturated heterocycles. The van der Waals surface area contributed by atoms with Crippen LogP contribution in [0.1, 0.15) is 34.5 Å². The summed E-state index contributed by atoms with van der Waals surface area (Å²) in [5, 5.41) is 4.03. The summed E-state index contributed by atoms with van der Waals surface area (Å²) in [6.45, 7) is 1.79. The second kappa shape index (κ2) is 7.95. The Morgan fingerprint density at radius 1 is 1.00 bits per heavy atom. The molecule has 3 aromatic carbocycles. The average Bonchev–Trinajstić information content (AvgIpc) is 3.28. The van der Waals surface area contributed by atoms with Crippen LogP contribution < -0.4 is 5.32 Å². The lowest BCUT2D eigenvalue weighted by molar-refractivity contribution is -0.120. The maximum atomic E-state index is 13.5. The van der Waals surface area contributed by atoms with Gasteiger partial charge in [-0.1, -0.05) is 58.4 Å². The Labute approximate surface area is 194 Å². The molecule has 5 nitrogen and oxygen atoms in total. The SMILES string of the molecule is CC(C(=O)Nc1cccc(Br)c1)N1C(=O)c2ccccc2C1c1cn(C)c2ccccc12. The first-order chi connectivity index (χ1) is 15.5. The summed E-state index contributed by atoms with van der Waals surface area (Å²) in [7, 11) is 2.00. The molecule has 0 saturated carbocycles. The molecule has 0 fully saturated rings. The molecule has 2 heterocycles. The molecule has 4 aromatic rings. The van der Waals surface area contributed by atoms with Crippen molar-refractivity contribution >= 4 is 44.3 Å². The first-order valence-electron chi connectivity index (χ1n) is 10.5. The maximum Gasteiger partial charge on any atom is 0.255 e. The number of hydrogen-bond acceptors (Lipinski definition) is 2. The molecule has 32 heavy (non-hydrogen) atoms. The highest BCUT2D eigenvalue weighted by molar-refractivity contribution is 9.10. The molecule has 2 amide bonds. The standard InChI is InChI=1S/C26H22BrN3O2/c1-16(25(31)28-18-9-7-8-17(27)14-18)30-24(20-11-3-4-12-21(20)26(30)32)22-15-29(2)23-13-6-5-10-19(22)23/h3-16,24H,1-2H3,(H,28,31). The van der Waals surface area contributed by atoms with Crippen molar-refractivity contribution in [1.29, 1.82) is 0 Å². The van der Waals surface area contributed by atoms with Gasteiger partial charge in [-0.25, -0.2) is 0 Å². The van der Waals surface area contributed by atoms with Crippen LogP contribution in [0.25, 0.3) is 10.9 Å². The molecule has 0 bridgehead atoms. The van der Waals surface area contributed by atoms with E-state index in [4.69, 9.17) is 0 Å². The molecule has 6 heteroatoms. The normalized spacial score (nSPS) is 16.3. The van der Waals surface area contributed by atoms with Gasteiger partial charge in [-0.2, -0.15) is 0 Å². The van der Waals surface area contributed by atoms with Gasteiger partial charge in [-0.3, -0.25) is 9.59 Å². The zero-order chi connectivity index (χ0) is 22.4. The Bertz CT molecular complexity index is 1360. The number of nitrogens with one attached hydrogen (secondary N) is 1. The first-order valence-corrected chi connectivity index (χ1v) is 11.3. The third kappa shape index (κ3) is 3.31. The number of para-hydroxylation sites is 1. The van der Waals surface area contributed by atoms with Crippen molar-refractivity contribution in [1.82, 2.24) is 9.47 Å². The van der Waals surface area contributed by atoms with Crippen LogP contribution in [-0.4, -0.2) is 27.3 Å². The zero-order valence-electron chi connectivity index (χ0n) is 17.7. The van der Waals surface area contributed by atoms with Gasteiger partial charge < -0.3 is 14.8 Å². The Morgan fingerprint density at radius 2 is 1.75 bits per heavy atom. The lowest BCUT2D eigenvalue weighted by atomic mass is 9.97. The minimum Gasteiger partial charge on any atom is -0.350 e. The van der Waals surface area contributed by atoms with Crippen molar-refractivity contribution in [3.8, 4) is 0 Å². The van der Waals surface area contributed by atoms with Crippen LogP contribution in [-0.2, 0) is 11.8 Å². The lowest BCUT2D eigenvalue weighted by Crippen LogP contribution is -2.44. The van der Waals surface area contributed by atoms with Crippen LogP contribution in [0.3, 0.4) is 0 Å². The fraction of sp³-hybridized carbons (Fsp3) is 0.154. The van der Waals surface area contributed by atoms with E-state index in [1.54, 1.807) is 11.8 Å². The number of aromatic nitrogens is 1. The van der Waals surface area contributed by atoms with Gasteiger partial charge >= 0.3 is 0 Å². The fourth-order valence-electron chi connectivity index (χ4n) is 4.58. The summed E-state index contributed by atoms with van der Waals surface area (Å²) in [6, 6.07) is 22.2. The summed E-state index contributed by atoms with van der Waals surface area (Å²) in [4.78, 5) is 28.4. The van der Waals surface area contributed by atoms with Crippen LogP contribution in [0.4, 0.5) is 5.69 Å². The molecule has 5 rings (SSSR count). The molecule has 2 atom stereocenters. The summed E-state index contributed by atoms with van der Waals surface area (Å²) < 4.78 is 2.95. The van der Waals surface area contributed by atoms with E-state index < -0.39 is 6.04 Å². The van der Waals surface area contributed by atoms with Gasteiger partial charge in [-0.15, -0.1) is 0 Å². The highest BCUT2D eigenvalue weighted by Crippen LogP contribution is 2.42. The van der Waals surface area contributed by atoms with Gasteiger partial charge in [-0.05, 0) is 42.8 Å². The minimum absolute atomic E-state index is 0.129. The summed E-state index contributed by atoms with van der Waals surface area (Å²) >= 11 is 3.43. The van der Waals surface area contributed by atoms with E-state index in [1.807, 2.05) is 67.7 Å². The van der Waals surface area contributed by atoms with E-state index in [0.29, 0.717) is 11.3 Å². The number of hydrogen-bond donors (Lipinski definition) is 1. The molecule has 1 aromatic heterocycles. The van der Waals surface area contributed by atoms with Gasteiger partial charge in [0.15, 0.2) is 0 Å². The molecular formula is C26H22BrN3O2. The van der Waals surface area contributed by atoms with E-state index in [-0.39, 0.29) is 17.9 Å². The largest absolute Gasteiger partial charge is 0.350 e. The summed E-state index contributed by atoms with van der Waals surface area (Å²) in [5.41, 5.74) is 4.36. The highest BCUT2D eigenvalue weighted by atomic mass is 79.9. The van der Waals surface area contributed by atoms with Crippen molar-refractivity contribution in [2.45, 2.75) is 19.0 Å². The smallest absolute Gasteiger partial charge is 0.255 e. The number of carbonyl (C=O) groups excluding carboxylic acids is 2.